The largest absolute Gasteiger partial charge is 0.467 e. The Labute approximate surface area is 162 Å². The quantitative estimate of drug-likeness (QED) is 0.616. The second kappa shape index (κ2) is 6.10. The van der Waals surface area contributed by atoms with E-state index in [1.165, 1.54) is 18.2 Å². The summed E-state index contributed by atoms with van der Waals surface area (Å²) >= 11 is 1.66. The number of benzene rings is 3. The number of ether oxygens (including phenoxy) is 1. The molecule has 3 aromatic carbocycles. The topological polar surface area (TPSA) is 38.7 Å². The lowest BCUT2D eigenvalue weighted by Gasteiger charge is -2.30. The van der Waals surface area contributed by atoms with Crippen LogP contribution in [0.5, 0.6) is 0 Å². The summed E-state index contributed by atoms with van der Waals surface area (Å²) in [7, 11) is 1.43. The Bertz CT molecular complexity index is 1030. The normalized spacial score (nSPS) is 18.7. The third kappa shape index (κ3) is 2.23. The number of carbonyl (C=O) groups is 1. The summed E-state index contributed by atoms with van der Waals surface area (Å²) in [5.74, 6) is -0.306. The van der Waals surface area contributed by atoms with Crippen molar-refractivity contribution in [3.63, 3.8) is 0 Å². The molecule has 1 atom stereocenters. The molecule has 0 aromatic heterocycles. The van der Waals surface area contributed by atoms with E-state index in [-0.39, 0.29) is 5.97 Å². The van der Waals surface area contributed by atoms with Gasteiger partial charge in [0.25, 0.3) is 0 Å². The molecule has 1 aliphatic carbocycles. The smallest absolute Gasteiger partial charge is 0.332 e. The van der Waals surface area contributed by atoms with Gasteiger partial charge in [-0.05, 0) is 22.3 Å². The maximum absolute atomic E-state index is 12.8. The fourth-order valence-electron chi connectivity index (χ4n) is 4.12. The number of aliphatic imine (C=N–C) groups is 1. The molecule has 0 N–H and O–H groups in total. The maximum atomic E-state index is 12.8. The van der Waals surface area contributed by atoms with Crippen molar-refractivity contribution in [1.29, 1.82) is 0 Å². The van der Waals surface area contributed by atoms with E-state index in [0.717, 1.165) is 21.7 Å². The van der Waals surface area contributed by atoms with Crippen LogP contribution in [0.2, 0.25) is 0 Å². The van der Waals surface area contributed by atoms with Gasteiger partial charge in [0.15, 0.2) is 6.04 Å². The maximum Gasteiger partial charge on any atom is 0.332 e. The van der Waals surface area contributed by atoms with E-state index in [4.69, 9.17) is 9.73 Å². The van der Waals surface area contributed by atoms with Crippen LogP contribution in [-0.4, -0.2) is 24.2 Å². The molecule has 3 aromatic rings. The number of carbonyl (C=O) groups excluding carboxylic acids is 1. The molecular formula is C23H17NO2S. The second-order valence-corrected chi connectivity index (χ2v) is 7.89. The Morgan fingerprint density at radius 1 is 0.889 bits per heavy atom. The number of fused-ring (bicyclic) bond motifs is 5. The first-order chi connectivity index (χ1) is 13.3. The van der Waals surface area contributed by atoms with Gasteiger partial charge in [0.1, 0.15) is 9.79 Å². The Morgan fingerprint density at radius 3 is 2.04 bits per heavy atom. The second-order valence-electron chi connectivity index (χ2n) is 6.65. The molecule has 0 bridgehead atoms. The lowest BCUT2D eigenvalue weighted by atomic mass is 9.88. The van der Waals surface area contributed by atoms with E-state index in [9.17, 15) is 4.79 Å². The summed E-state index contributed by atoms with van der Waals surface area (Å²) in [5, 5.41) is 0.873. The number of methoxy groups -OCH3 is 1. The number of nitrogens with zero attached hydrogens (tertiary/aromatic N) is 1. The molecule has 1 heterocycles. The Hall–Kier alpha value is -2.85. The third-order valence-electron chi connectivity index (χ3n) is 5.28. The Morgan fingerprint density at radius 2 is 1.44 bits per heavy atom. The first-order valence-electron chi connectivity index (χ1n) is 8.85. The molecule has 0 radical (unpaired) electrons. The standard InChI is InChI=1S/C23H17NO2S/c1-26-22(25)20-23(27-21(24-20)15-9-3-2-4-10-15)18-13-7-5-11-16(18)17-12-6-8-14-19(17)23/h2-14,20H,1H3. The molecule has 0 amide bonds. The molecule has 27 heavy (non-hydrogen) atoms. The predicted octanol–water partition coefficient (Wildman–Crippen LogP) is 4.65. The molecule has 1 spiro atoms. The summed E-state index contributed by atoms with van der Waals surface area (Å²) < 4.78 is 4.58. The van der Waals surface area contributed by atoms with Crippen LogP contribution in [0.15, 0.2) is 83.9 Å². The third-order valence-corrected chi connectivity index (χ3v) is 6.80. The van der Waals surface area contributed by atoms with Gasteiger partial charge in [-0.25, -0.2) is 4.79 Å². The summed E-state index contributed by atoms with van der Waals surface area (Å²) in [5.41, 5.74) is 5.61. The van der Waals surface area contributed by atoms with Crippen LogP contribution in [0, 0.1) is 0 Å². The SMILES string of the molecule is COC(=O)C1N=C(c2ccccc2)SC12c1ccccc1-c1ccccc12. The van der Waals surface area contributed by atoms with Crippen molar-refractivity contribution in [2.75, 3.05) is 7.11 Å². The molecule has 2 aliphatic rings. The number of rotatable bonds is 2. The fourth-order valence-corrected chi connectivity index (χ4v) is 5.67. The number of hydrogen-bond donors (Lipinski definition) is 0. The van der Waals surface area contributed by atoms with E-state index in [1.807, 2.05) is 54.6 Å². The monoisotopic (exact) mass is 371 g/mol. The molecule has 3 nitrogen and oxygen atoms in total. The van der Waals surface area contributed by atoms with Crippen LogP contribution in [0.4, 0.5) is 0 Å². The van der Waals surface area contributed by atoms with Gasteiger partial charge in [0.05, 0.1) is 7.11 Å². The van der Waals surface area contributed by atoms with Crippen molar-refractivity contribution in [3.05, 3.63) is 95.6 Å². The molecule has 0 saturated heterocycles. The number of hydrogen-bond acceptors (Lipinski definition) is 4. The summed E-state index contributed by atoms with van der Waals surface area (Å²) in [4.78, 5) is 17.7. The predicted molar refractivity (Wildman–Crippen MR) is 109 cm³/mol. The first kappa shape index (κ1) is 16.3. The van der Waals surface area contributed by atoms with Crippen LogP contribution >= 0.6 is 11.8 Å². The molecule has 1 unspecified atom stereocenters. The molecule has 5 rings (SSSR count). The van der Waals surface area contributed by atoms with Crippen LogP contribution in [0.1, 0.15) is 16.7 Å². The highest BCUT2D eigenvalue weighted by Crippen LogP contribution is 2.60. The van der Waals surface area contributed by atoms with Gasteiger partial charge in [-0.2, -0.15) is 0 Å². The zero-order valence-electron chi connectivity index (χ0n) is 14.8. The van der Waals surface area contributed by atoms with Gasteiger partial charge < -0.3 is 4.74 Å². The first-order valence-corrected chi connectivity index (χ1v) is 9.67. The minimum atomic E-state index is -0.618. The average Bonchev–Trinajstić information content (AvgIpc) is 3.27. The van der Waals surface area contributed by atoms with Crippen molar-refractivity contribution in [1.82, 2.24) is 0 Å². The van der Waals surface area contributed by atoms with Crippen molar-refractivity contribution in [3.8, 4) is 11.1 Å². The minimum Gasteiger partial charge on any atom is -0.467 e. The lowest BCUT2D eigenvalue weighted by molar-refractivity contribution is -0.142. The van der Waals surface area contributed by atoms with Crippen LogP contribution < -0.4 is 0 Å². The van der Waals surface area contributed by atoms with Gasteiger partial charge in [0.2, 0.25) is 0 Å². The van der Waals surface area contributed by atoms with Gasteiger partial charge >= 0.3 is 5.97 Å². The van der Waals surface area contributed by atoms with E-state index in [1.54, 1.807) is 11.8 Å². The highest BCUT2D eigenvalue weighted by Gasteiger charge is 2.57. The highest BCUT2D eigenvalue weighted by atomic mass is 32.2. The van der Waals surface area contributed by atoms with Crippen LogP contribution in [0.3, 0.4) is 0 Å². The lowest BCUT2D eigenvalue weighted by Crippen LogP contribution is -2.38. The van der Waals surface area contributed by atoms with Crippen LogP contribution in [0.25, 0.3) is 11.1 Å². The van der Waals surface area contributed by atoms with Crippen molar-refractivity contribution in [2.24, 2.45) is 4.99 Å². The van der Waals surface area contributed by atoms with Crippen molar-refractivity contribution < 1.29 is 9.53 Å². The summed E-state index contributed by atoms with van der Waals surface area (Å²) in [6.07, 6.45) is 0. The molecule has 0 saturated carbocycles. The van der Waals surface area contributed by atoms with Gasteiger partial charge in [-0.15, -0.1) is 0 Å². The summed E-state index contributed by atoms with van der Waals surface area (Å²) in [6.45, 7) is 0. The van der Waals surface area contributed by atoms with Gasteiger partial charge in [0, 0.05) is 5.56 Å². The van der Waals surface area contributed by atoms with Crippen LogP contribution in [-0.2, 0) is 14.3 Å². The van der Waals surface area contributed by atoms with E-state index in [2.05, 4.69) is 24.3 Å². The van der Waals surface area contributed by atoms with Crippen molar-refractivity contribution >= 4 is 22.8 Å². The average molecular weight is 371 g/mol. The van der Waals surface area contributed by atoms with E-state index < -0.39 is 10.8 Å². The molecular weight excluding hydrogens is 354 g/mol. The van der Waals surface area contributed by atoms with E-state index >= 15 is 0 Å². The highest BCUT2D eigenvalue weighted by molar-refractivity contribution is 8.15. The molecule has 1 aliphatic heterocycles. The Kier molecular flexibility index (Phi) is 3.69. The van der Waals surface area contributed by atoms with E-state index in [0.29, 0.717) is 0 Å². The molecule has 4 heteroatoms. The van der Waals surface area contributed by atoms with Gasteiger partial charge in [-0.1, -0.05) is 90.6 Å². The number of thioether (sulfide) groups is 1. The Balaban J connectivity index is 1.77. The zero-order valence-corrected chi connectivity index (χ0v) is 15.6. The molecule has 0 fully saturated rings. The van der Waals surface area contributed by atoms with Gasteiger partial charge in [-0.3, -0.25) is 4.99 Å². The number of esters is 1. The molecule has 132 valence electrons. The summed E-state index contributed by atoms with van der Waals surface area (Å²) in [6, 6.07) is 26.0. The minimum absolute atomic E-state index is 0.306. The zero-order chi connectivity index (χ0) is 18.4. The fraction of sp³-hybridized carbons (Fsp3) is 0.130. The van der Waals surface area contributed by atoms with Crippen molar-refractivity contribution in [2.45, 2.75) is 10.8 Å².